The van der Waals surface area contributed by atoms with E-state index in [9.17, 15) is 19.2 Å². The first-order chi connectivity index (χ1) is 15.0. The van der Waals surface area contributed by atoms with E-state index in [-0.39, 0.29) is 5.78 Å². The predicted molar refractivity (Wildman–Crippen MR) is 114 cm³/mol. The van der Waals surface area contributed by atoms with E-state index in [0.29, 0.717) is 27.9 Å². The number of nitrogens with zero attached hydrogens (tertiary/aromatic N) is 1. The molecule has 4 amide bonds. The standard InChI is InChI=1S/C24H17N3O4/c1-13(27-22(29)18-8-4-5-9-19(18)23(27)30)25-24(31)26-14-10-11-16-15-6-2-3-7-17(15)21(28)20(16)12-14/h2-13H,1H3,(H2,25,26,31). The van der Waals surface area contributed by atoms with Gasteiger partial charge in [-0.15, -0.1) is 0 Å². The quantitative estimate of drug-likeness (QED) is 0.503. The highest BCUT2D eigenvalue weighted by Gasteiger charge is 2.38. The molecule has 1 aliphatic carbocycles. The van der Waals surface area contributed by atoms with E-state index in [1.165, 1.54) is 0 Å². The van der Waals surface area contributed by atoms with Gasteiger partial charge < -0.3 is 10.6 Å². The summed E-state index contributed by atoms with van der Waals surface area (Å²) in [6.07, 6.45) is -0.854. The summed E-state index contributed by atoms with van der Waals surface area (Å²) >= 11 is 0. The molecule has 0 bridgehead atoms. The monoisotopic (exact) mass is 411 g/mol. The molecule has 2 aliphatic rings. The molecule has 31 heavy (non-hydrogen) atoms. The molecule has 5 rings (SSSR count). The van der Waals surface area contributed by atoms with Crippen LogP contribution >= 0.6 is 0 Å². The number of imide groups is 1. The van der Waals surface area contributed by atoms with Gasteiger partial charge in [0, 0.05) is 16.8 Å². The zero-order chi connectivity index (χ0) is 21.7. The lowest BCUT2D eigenvalue weighted by Gasteiger charge is -2.23. The lowest BCUT2D eigenvalue weighted by molar-refractivity contribution is 0.0581. The van der Waals surface area contributed by atoms with E-state index >= 15 is 0 Å². The zero-order valence-corrected chi connectivity index (χ0v) is 16.5. The number of nitrogens with one attached hydrogen (secondary N) is 2. The SMILES string of the molecule is CC(NC(=O)Nc1ccc2c(c1)C(=O)c1ccccc1-2)N1C(=O)c2ccccc2C1=O. The molecule has 1 atom stereocenters. The van der Waals surface area contributed by atoms with E-state index < -0.39 is 24.0 Å². The highest BCUT2D eigenvalue weighted by molar-refractivity contribution is 6.22. The highest BCUT2D eigenvalue weighted by atomic mass is 16.2. The predicted octanol–water partition coefficient (Wildman–Crippen LogP) is 3.66. The van der Waals surface area contributed by atoms with Crippen LogP contribution in [0.25, 0.3) is 11.1 Å². The minimum Gasteiger partial charge on any atom is -0.317 e. The fraction of sp³-hybridized carbons (Fsp3) is 0.0833. The molecule has 0 saturated heterocycles. The van der Waals surface area contributed by atoms with Crippen molar-refractivity contribution in [3.8, 4) is 11.1 Å². The Bertz CT molecular complexity index is 1260. The second kappa shape index (κ2) is 6.91. The van der Waals surface area contributed by atoms with Gasteiger partial charge >= 0.3 is 6.03 Å². The Labute approximate surface area is 177 Å². The molecule has 7 heteroatoms. The van der Waals surface area contributed by atoms with Crippen LogP contribution in [0.2, 0.25) is 0 Å². The van der Waals surface area contributed by atoms with Crippen LogP contribution in [0.5, 0.6) is 0 Å². The smallest absolute Gasteiger partial charge is 0.317 e. The summed E-state index contributed by atoms with van der Waals surface area (Å²) < 4.78 is 0. The molecule has 1 aliphatic heterocycles. The van der Waals surface area contributed by atoms with Gasteiger partial charge in [0.2, 0.25) is 0 Å². The van der Waals surface area contributed by atoms with E-state index in [2.05, 4.69) is 10.6 Å². The number of carbonyl (C=O) groups excluding carboxylic acids is 4. The Kier molecular flexibility index (Phi) is 4.18. The van der Waals surface area contributed by atoms with E-state index in [1.807, 2.05) is 18.2 Å². The summed E-state index contributed by atoms with van der Waals surface area (Å²) in [5, 5.41) is 5.28. The van der Waals surface area contributed by atoms with Gasteiger partial charge in [-0.1, -0.05) is 42.5 Å². The molecule has 3 aromatic rings. The minimum absolute atomic E-state index is 0.0888. The van der Waals surface area contributed by atoms with Crippen molar-refractivity contribution in [2.45, 2.75) is 13.1 Å². The molecule has 0 radical (unpaired) electrons. The number of anilines is 1. The number of hydrogen-bond donors (Lipinski definition) is 2. The number of ketones is 1. The third-order valence-corrected chi connectivity index (χ3v) is 5.54. The number of hydrogen-bond acceptors (Lipinski definition) is 4. The average molecular weight is 411 g/mol. The minimum atomic E-state index is -0.854. The van der Waals surface area contributed by atoms with Gasteiger partial charge in [-0.2, -0.15) is 0 Å². The van der Waals surface area contributed by atoms with Gasteiger partial charge in [-0.3, -0.25) is 19.3 Å². The van der Waals surface area contributed by atoms with E-state index in [4.69, 9.17) is 0 Å². The topological polar surface area (TPSA) is 95.6 Å². The first-order valence-corrected chi connectivity index (χ1v) is 9.78. The summed E-state index contributed by atoms with van der Waals surface area (Å²) in [6, 6.07) is 18.4. The first-order valence-electron chi connectivity index (χ1n) is 9.78. The highest BCUT2D eigenvalue weighted by Crippen LogP contribution is 2.37. The fourth-order valence-electron chi connectivity index (χ4n) is 4.09. The Morgan fingerprint density at radius 2 is 1.29 bits per heavy atom. The Morgan fingerprint density at radius 3 is 1.94 bits per heavy atom. The lowest BCUT2D eigenvalue weighted by atomic mass is 10.1. The van der Waals surface area contributed by atoms with Gasteiger partial charge in [0.15, 0.2) is 5.78 Å². The lowest BCUT2D eigenvalue weighted by Crippen LogP contribution is -2.50. The van der Waals surface area contributed by atoms with Gasteiger partial charge in [-0.05, 0) is 42.3 Å². The van der Waals surface area contributed by atoms with Crippen LogP contribution in [0.4, 0.5) is 10.5 Å². The Hall–Kier alpha value is -4.26. The first kappa shape index (κ1) is 18.7. The molecular weight excluding hydrogens is 394 g/mol. The van der Waals surface area contributed by atoms with Crippen molar-refractivity contribution in [3.05, 3.63) is 89.0 Å². The van der Waals surface area contributed by atoms with Crippen molar-refractivity contribution in [2.24, 2.45) is 0 Å². The van der Waals surface area contributed by atoms with Crippen LogP contribution in [0, 0.1) is 0 Å². The average Bonchev–Trinajstić information content (AvgIpc) is 3.19. The van der Waals surface area contributed by atoms with Gasteiger partial charge in [0.1, 0.15) is 6.17 Å². The van der Waals surface area contributed by atoms with Crippen LogP contribution in [-0.2, 0) is 0 Å². The summed E-state index contributed by atoms with van der Waals surface area (Å²) in [7, 11) is 0. The van der Waals surface area contributed by atoms with Crippen molar-refractivity contribution in [1.82, 2.24) is 10.2 Å². The largest absolute Gasteiger partial charge is 0.320 e. The maximum Gasteiger partial charge on any atom is 0.320 e. The Balaban J connectivity index is 1.31. The third kappa shape index (κ3) is 2.90. The summed E-state index contributed by atoms with van der Waals surface area (Å²) in [4.78, 5) is 51.3. The molecule has 1 heterocycles. The molecule has 2 N–H and O–H groups in total. The van der Waals surface area contributed by atoms with Crippen LogP contribution < -0.4 is 10.6 Å². The summed E-state index contributed by atoms with van der Waals surface area (Å²) in [6.45, 7) is 1.56. The molecular formula is C24H17N3O4. The normalized spacial score (nSPS) is 14.7. The summed E-state index contributed by atoms with van der Waals surface area (Å²) in [5.74, 6) is -0.988. The molecule has 0 spiro atoms. The third-order valence-electron chi connectivity index (χ3n) is 5.54. The van der Waals surface area contributed by atoms with Crippen molar-refractivity contribution in [3.63, 3.8) is 0 Å². The van der Waals surface area contributed by atoms with Gasteiger partial charge in [-0.25, -0.2) is 4.79 Å². The zero-order valence-electron chi connectivity index (χ0n) is 16.5. The number of fused-ring (bicyclic) bond motifs is 4. The molecule has 0 saturated carbocycles. The second-order valence-corrected chi connectivity index (χ2v) is 7.44. The van der Waals surface area contributed by atoms with E-state index in [1.54, 1.807) is 55.5 Å². The van der Waals surface area contributed by atoms with Crippen molar-refractivity contribution in [2.75, 3.05) is 5.32 Å². The van der Waals surface area contributed by atoms with E-state index in [0.717, 1.165) is 16.0 Å². The van der Waals surface area contributed by atoms with Crippen molar-refractivity contribution >= 4 is 29.3 Å². The van der Waals surface area contributed by atoms with Crippen LogP contribution in [0.15, 0.2) is 66.7 Å². The number of rotatable bonds is 3. The maximum absolute atomic E-state index is 12.6. The van der Waals surface area contributed by atoms with Gasteiger partial charge in [0.25, 0.3) is 11.8 Å². The number of benzene rings is 3. The van der Waals surface area contributed by atoms with Crippen LogP contribution in [0.3, 0.4) is 0 Å². The van der Waals surface area contributed by atoms with Gasteiger partial charge in [0.05, 0.1) is 11.1 Å². The molecule has 3 aromatic carbocycles. The number of carbonyl (C=O) groups is 4. The maximum atomic E-state index is 12.6. The Morgan fingerprint density at radius 1 is 0.742 bits per heavy atom. The molecule has 1 unspecified atom stereocenters. The fourth-order valence-corrected chi connectivity index (χ4v) is 4.09. The number of urea groups is 1. The summed E-state index contributed by atoms with van der Waals surface area (Å²) in [5.41, 5.74) is 3.93. The molecule has 152 valence electrons. The molecule has 0 fully saturated rings. The van der Waals surface area contributed by atoms with Crippen LogP contribution in [-0.4, -0.2) is 34.7 Å². The van der Waals surface area contributed by atoms with Crippen molar-refractivity contribution < 1.29 is 19.2 Å². The molecule has 7 nitrogen and oxygen atoms in total. The number of amides is 4. The second-order valence-electron chi connectivity index (χ2n) is 7.44. The van der Waals surface area contributed by atoms with Crippen LogP contribution in [0.1, 0.15) is 43.6 Å². The van der Waals surface area contributed by atoms with Crippen molar-refractivity contribution in [1.29, 1.82) is 0 Å². The molecule has 0 aromatic heterocycles.